The summed E-state index contributed by atoms with van der Waals surface area (Å²) in [5, 5.41) is 11.7. The molecule has 4 N–H and O–H groups in total. The molecular formula is C40H68N6O6. The quantitative estimate of drug-likeness (QED) is 0.266. The van der Waals surface area contributed by atoms with E-state index in [2.05, 4.69) is 49.0 Å². The highest BCUT2D eigenvalue weighted by molar-refractivity contribution is 6.38. The third-order valence-corrected chi connectivity index (χ3v) is 12.3. The minimum Gasteiger partial charge on any atom is -0.349 e. The Morgan fingerprint density at radius 1 is 0.923 bits per heavy atom. The molecule has 0 spiro atoms. The lowest BCUT2D eigenvalue weighted by atomic mass is 9.81. The van der Waals surface area contributed by atoms with Crippen molar-refractivity contribution >= 4 is 35.4 Å². The van der Waals surface area contributed by atoms with E-state index in [-0.39, 0.29) is 45.9 Å². The number of likely N-dealkylation sites (tertiary alicyclic amines) is 1. The zero-order valence-electron chi connectivity index (χ0n) is 33.3. The fraction of sp³-hybridized carbons (Fsp3) is 0.850. The molecule has 0 unspecified atom stereocenters. The van der Waals surface area contributed by atoms with Crippen LogP contribution in [0.4, 0.5) is 4.79 Å². The number of ketones is 1. The van der Waals surface area contributed by atoms with Crippen molar-refractivity contribution in [1.29, 1.82) is 0 Å². The van der Waals surface area contributed by atoms with Crippen LogP contribution in [0.15, 0.2) is 0 Å². The zero-order valence-corrected chi connectivity index (χ0v) is 33.3. The Labute approximate surface area is 312 Å². The van der Waals surface area contributed by atoms with Gasteiger partial charge in [0, 0.05) is 32.6 Å². The van der Waals surface area contributed by atoms with Crippen LogP contribution in [-0.4, -0.2) is 95.6 Å². The molecule has 4 fully saturated rings. The Balaban J connectivity index is 1.54. The average Bonchev–Trinajstić information content (AvgIpc) is 3.36. The van der Waals surface area contributed by atoms with Crippen LogP contribution in [0.2, 0.25) is 0 Å². The summed E-state index contributed by atoms with van der Waals surface area (Å²) in [7, 11) is 0. The number of carbonyl (C=O) groups excluding carboxylic acids is 6. The maximum Gasteiger partial charge on any atom is 0.315 e. The van der Waals surface area contributed by atoms with Gasteiger partial charge in [0.2, 0.25) is 23.5 Å². The monoisotopic (exact) mass is 729 g/mol. The van der Waals surface area contributed by atoms with Gasteiger partial charge in [-0.3, -0.25) is 24.0 Å². The van der Waals surface area contributed by atoms with E-state index in [4.69, 9.17) is 0 Å². The number of amides is 6. The fourth-order valence-electron chi connectivity index (χ4n) is 8.52. The van der Waals surface area contributed by atoms with Crippen molar-refractivity contribution in [3.63, 3.8) is 0 Å². The Kier molecular flexibility index (Phi) is 13.8. The van der Waals surface area contributed by atoms with Crippen LogP contribution in [0.5, 0.6) is 0 Å². The molecule has 3 heterocycles. The summed E-state index contributed by atoms with van der Waals surface area (Å²) in [5.74, 6) is -1.95. The number of fused-ring (bicyclic) bond motifs is 3. The number of urea groups is 1. The van der Waals surface area contributed by atoms with E-state index in [1.54, 1.807) is 4.90 Å². The minimum absolute atomic E-state index is 0.0424. The number of piperidine rings is 2. The zero-order chi connectivity index (χ0) is 38.4. The number of hydrogen-bond donors (Lipinski definition) is 4. The first-order chi connectivity index (χ1) is 24.4. The van der Waals surface area contributed by atoms with Crippen LogP contribution >= 0.6 is 0 Å². The molecule has 12 heteroatoms. The van der Waals surface area contributed by atoms with E-state index in [1.165, 1.54) is 0 Å². The lowest BCUT2D eigenvalue weighted by molar-refractivity contribution is -0.144. The second-order valence-electron chi connectivity index (χ2n) is 18.5. The molecular weight excluding hydrogens is 660 g/mol. The van der Waals surface area contributed by atoms with Crippen molar-refractivity contribution in [2.24, 2.45) is 28.1 Å². The van der Waals surface area contributed by atoms with Crippen LogP contribution in [0.3, 0.4) is 0 Å². The number of hydrogen-bond acceptors (Lipinski definition) is 6. The lowest BCUT2D eigenvalue weighted by Crippen LogP contribution is -2.60. The standard InChI is InChI=1S/C40H68N6O6/c1-9-21-41-35(50)33(48)27-18-16-14-12-10-11-13-15-17-19-28(36(51)46-24-26-31(40(26,7)8)32(46)34(49)42-27)43-37(52)44-29(38(2,3)4)25-45-22-20-39(5,6)23-30(45)47/h26-29,31-32H,9-25H2,1-8H3,(H,41,50)(H,42,49)(H2,43,44,52)/t26-,27+,28+,29+,31-,32-/m0/s1. The molecule has 6 amide bonds. The Morgan fingerprint density at radius 2 is 1.54 bits per heavy atom. The lowest BCUT2D eigenvalue weighted by Gasteiger charge is -2.41. The van der Waals surface area contributed by atoms with Crippen molar-refractivity contribution in [3.8, 4) is 0 Å². The molecule has 3 saturated heterocycles. The van der Waals surface area contributed by atoms with Crippen LogP contribution in [0, 0.1) is 28.1 Å². The smallest absolute Gasteiger partial charge is 0.315 e. The van der Waals surface area contributed by atoms with E-state index in [0.29, 0.717) is 58.3 Å². The largest absolute Gasteiger partial charge is 0.349 e. The molecule has 4 aliphatic rings. The van der Waals surface area contributed by atoms with E-state index in [9.17, 15) is 28.8 Å². The first-order valence-corrected chi connectivity index (χ1v) is 20.1. The molecule has 1 saturated carbocycles. The van der Waals surface area contributed by atoms with Gasteiger partial charge >= 0.3 is 6.03 Å². The summed E-state index contributed by atoms with van der Waals surface area (Å²) in [4.78, 5) is 85.0. The molecule has 6 atom stereocenters. The van der Waals surface area contributed by atoms with Gasteiger partial charge in [0.15, 0.2) is 0 Å². The summed E-state index contributed by atoms with van der Waals surface area (Å²) in [6, 6.07) is -3.44. The first kappa shape index (κ1) is 41.6. The van der Waals surface area contributed by atoms with Gasteiger partial charge < -0.3 is 31.1 Å². The fourth-order valence-corrected chi connectivity index (χ4v) is 8.52. The highest BCUT2D eigenvalue weighted by atomic mass is 16.2. The third-order valence-electron chi connectivity index (χ3n) is 12.3. The van der Waals surface area contributed by atoms with Gasteiger partial charge in [-0.05, 0) is 53.8 Å². The molecule has 52 heavy (non-hydrogen) atoms. The maximum absolute atomic E-state index is 14.5. The summed E-state index contributed by atoms with van der Waals surface area (Å²) >= 11 is 0. The number of carbonyl (C=O) groups is 6. The molecule has 1 aliphatic carbocycles. The van der Waals surface area contributed by atoms with Gasteiger partial charge in [0.1, 0.15) is 12.1 Å². The normalized spacial score (nSPS) is 29.2. The highest BCUT2D eigenvalue weighted by Crippen LogP contribution is 2.65. The maximum atomic E-state index is 14.5. The Morgan fingerprint density at radius 3 is 2.13 bits per heavy atom. The van der Waals surface area contributed by atoms with Gasteiger partial charge in [-0.1, -0.05) is 107 Å². The van der Waals surface area contributed by atoms with E-state index >= 15 is 0 Å². The second-order valence-corrected chi connectivity index (χ2v) is 18.5. The number of rotatable bonds is 8. The summed E-state index contributed by atoms with van der Waals surface area (Å²) < 4.78 is 0. The van der Waals surface area contributed by atoms with Crippen molar-refractivity contribution in [3.05, 3.63) is 0 Å². The van der Waals surface area contributed by atoms with E-state index < -0.39 is 41.8 Å². The van der Waals surface area contributed by atoms with Crippen LogP contribution in [0.1, 0.15) is 139 Å². The predicted molar refractivity (Wildman–Crippen MR) is 201 cm³/mol. The molecule has 0 aromatic rings. The molecule has 3 aliphatic heterocycles. The van der Waals surface area contributed by atoms with Gasteiger partial charge in [0.25, 0.3) is 5.91 Å². The Bertz CT molecular complexity index is 1320. The van der Waals surface area contributed by atoms with Crippen LogP contribution in [0.25, 0.3) is 0 Å². The topological polar surface area (TPSA) is 157 Å². The molecule has 0 radical (unpaired) electrons. The van der Waals surface area contributed by atoms with Crippen LogP contribution in [-0.2, 0) is 24.0 Å². The van der Waals surface area contributed by atoms with Crippen LogP contribution < -0.4 is 21.3 Å². The van der Waals surface area contributed by atoms with Crippen molar-refractivity contribution in [2.75, 3.05) is 26.2 Å². The van der Waals surface area contributed by atoms with Gasteiger partial charge in [-0.15, -0.1) is 0 Å². The van der Waals surface area contributed by atoms with Crippen molar-refractivity contribution < 1.29 is 28.8 Å². The molecule has 0 aromatic heterocycles. The van der Waals surface area contributed by atoms with E-state index in [1.807, 2.05) is 32.6 Å². The minimum atomic E-state index is -0.968. The van der Waals surface area contributed by atoms with Gasteiger partial charge in [-0.25, -0.2) is 4.79 Å². The molecule has 0 aromatic carbocycles. The molecule has 0 bridgehead atoms. The summed E-state index contributed by atoms with van der Waals surface area (Å²) in [5.41, 5.74) is -0.559. The molecule has 12 nitrogen and oxygen atoms in total. The number of Topliss-reactive ketones (excluding diaryl/α,β-unsaturated/α-hetero) is 1. The molecule has 4 rings (SSSR count). The Hall–Kier alpha value is -3.18. The van der Waals surface area contributed by atoms with Gasteiger partial charge in [0.05, 0.1) is 12.1 Å². The number of nitrogens with one attached hydrogen (secondary N) is 4. The summed E-state index contributed by atoms with van der Waals surface area (Å²) in [6.07, 6.45) is 10.3. The highest BCUT2D eigenvalue weighted by Gasteiger charge is 2.69. The summed E-state index contributed by atoms with van der Waals surface area (Å²) in [6.45, 7) is 18.2. The average molecular weight is 729 g/mol. The third kappa shape index (κ3) is 10.5. The molecule has 294 valence electrons. The second kappa shape index (κ2) is 17.3. The number of nitrogens with zero attached hydrogens (tertiary/aromatic N) is 2. The van der Waals surface area contributed by atoms with Crippen molar-refractivity contribution in [2.45, 2.75) is 163 Å². The van der Waals surface area contributed by atoms with E-state index in [0.717, 1.165) is 51.4 Å². The SMILES string of the molecule is CCCNC(=O)C(=O)[C@H]1CCCCCCCCCC[C@@H](NC(=O)N[C@H](CN2CCC(C)(C)CC2=O)C(C)(C)C)C(=O)N2C[C@H]3[C@@H]([C@H]2C(=O)N1)C3(C)C. The van der Waals surface area contributed by atoms with Crippen molar-refractivity contribution in [1.82, 2.24) is 31.1 Å². The first-order valence-electron chi connectivity index (χ1n) is 20.1. The van der Waals surface area contributed by atoms with Gasteiger partial charge in [-0.2, -0.15) is 0 Å². The predicted octanol–water partition coefficient (Wildman–Crippen LogP) is 4.70.